The minimum Gasteiger partial charge on any atom is -0.342 e. The minimum atomic E-state index is -0.186. The molecule has 7 heteroatoms. The van der Waals surface area contributed by atoms with Crippen molar-refractivity contribution >= 4 is 5.91 Å². The van der Waals surface area contributed by atoms with E-state index in [4.69, 9.17) is 0 Å². The number of carbonyl (C=O) groups is 1. The lowest BCUT2D eigenvalue weighted by Crippen LogP contribution is -2.38. The lowest BCUT2D eigenvalue weighted by atomic mass is 9.97. The van der Waals surface area contributed by atoms with Crippen molar-refractivity contribution in [2.75, 3.05) is 26.2 Å². The van der Waals surface area contributed by atoms with Crippen molar-refractivity contribution in [1.82, 2.24) is 24.6 Å². The number of nitrogens with zero attached hydrogens (tertiary/aromatic N) is 5. The average Bonchev–Trinajstić information content (AvgIpc) is 2.97. The van der Waals surface area contributed by atoms with Gasteiger partial charge in [0.2, 0.25) is 5.91 Å². The molecule has 4 rings (SSSR count). The monoisotopic (exact) mass is 371 g/mol. The summed E-state index contributed by atoms with van der Waals surface area (Å²) in [6.45, 7) is 6.57. The van der Waals surface area contributed by atoms with Gasteiger partial charge in [0.05, 0.1) is 0 Å². The van der Waals surface area contributed by atoms with E-state index in [1.54, 1.807) is 19.1 Å². The lowest BCUT2D eigenvalue weighted by molar-refractivity contribution is -0.130. The maximum absolute atomic E-state index is 13.4. The molecule has 0 bridgehead atoms. The highest BCUT2D eigenvalue weighted by atomic mass is 19.1. The molecule has 27 heavy (non-hydrogen) atoms. The summed E-state index contributed by atoms with van der Waals surface area (Å²) in [4.78, 5) is 16.0. The lowest BCUT2D eigenvalue weighted by Gasteiger charge is -2.31. The van der Waals surface area contributed by atoms with E-state index >= 15 is 0 Å². The van der Waals surface area contributed by atoms with Gasteiger partial charge >= 0.3 is 0 Å². The van der Waals surface area contributed by atoms with E-state index in [1.165, 1.54) is 6.07 Å². The molecule has 2 aliphatic heterocycles. The molecule has 0 unspecified atom stereocenters. The van der Waals surface area contributed by atoms with E-state index in [0.717, 1.165) is 75.7 Å². The van der Waals surface area contributed by atoms with Gasteiger partial charge in [0.1, 0.15) is 17.5 Å². The Morgan fingerprint density at radius 1 is 1.22 bits per heavy atom. The normalized spacial score (nSPS) is 21.0. The number of benzene rings is 1. The standard InChI is InChI=1S/C20H26FN5O/c1-15(27)25-8-3-5-17(14-25)20-23-22-19-7-9-24(10-11-26(19)20)13-16-4-2-6-18(21)12-16/h2,4,6,12,17H,3,5,7-11,13-14H2,1H3/t17-/m0/s1. The SMILES string of the molecule is CC(=O)N1CCC[C@H](c2nnc3n2CCN(Cc2cccc(F)c2)CC3)C1. The number of rotatable bonds is 3. The maximum atomic E-state index is 13.4. The summed E-state index contributed by atoms with van der Waals surface area (Å²) >= 11 is 0. The summed E-state index contributed by atoms with van der Waals surface area (Å²) in [5, 5.41) is 8.92. The van der Waals surface area contributed by atoms with Crippen LogP contribution in [0.1, 0.15) is 42.9 Å². The third-order valence-corrected chi connectivity index (χ3v) is 5.67. The zero-order valence-corrected chi connectivity index (χ0v) is 15.8. The number of likely N-dealkylation sites (tertiary alicyclic amines) is 1. The van der Waals surface area contributed by atoms with Crippen molar-refractivity contribution in [1.29, 1.82) is 0 Å². The number of halogens is 1. The van der Waals surface area contributed by atoms with E-state index in [0.29, 0.717) is 0 Å². The molecule has 0 saturated carbocycles. The number of piperidine rings is 1. The molecule has 1 fully saturated rings. The molecule has 144 valence electrons. The van der Waals surface area contributed by atoms with Gasteiger partial charge in [-0.3, -0.25) is 9.69 Å². The van der Waals surface area contributed by atoms with Gasteiger partial charge in [-0.1, -0.05) is 12.1 Å². The quantitative estimate of drug-likeness (QED) is 0.830. The molecular formula is C20H26FN5O. The first-order valence-corrected chi connectivity index (χ1v) is 9.74. The Balaban J connectivity index is 1.45. The summed E-state index contributed by atoms with van der Waals surface area (Å²) in [5.41, 5.74) is 0.997. The highest BCUT2D eigenvalue weighted by Gasteiger charge is 2.29. The Kier molecular flexibility index (Phi) is 5.20. The molecular weight excluding hydrogens is 345 g/mol. The minimum absolute atomic E-state index is 0.136. The van der Waals surface area contributed by atoms with E-state index in [2.05, 4.69) is 19.7 Å². The first-order valence-electron chi connectivity index (χ1n) is 9.74. The molecule has 1 atom stereocenters. The van der Waals surface area contributed by atoms with Gasteiger partial charge in [-0.25, -0.2) is 4.39 Å². The van der Waals surface area contributed by atoms with Gasteiger partial charge in [0, 0.05) is 58.5 Å². The van der Waals surface area contributed by atoms with Crippen LogP contribution < -0.4 is 0 Å². The van der Waals surface area contributed by atoms with Crippen LogP contribution in [-0.4, -0.2) is 56.7 Å². The second-order valence-electron chi connectivity index (χ2n) is 7.59. The summed E-state index contributed by atoms with van der Waals surface area (Å²) in [6, 6.07) is 6.82. The summed E-state index contributed by atoms with van der Waals surface area (Å²) in [7, 11) is 0. The van der Waals surface area contributed by atoms with Crippen molar-refractivity contribution in [2.45, 2.75) is 45.2 Å². The van der Waals surface area contributed by atoms with Gasteiger partial charge in [-0.15, -0.1) is 10.2 Å². The Hall–Kier alpha value is -2.28. The second kappa shape index (κ2) is 7.76. The summed E-state index contributed by atoms with van der Waals surface area (Å²) < 4.78 is 15.7. The van der Waals surface area contributed by atoms with Gasteiger partial charge in [-0.05, 0) is 30.5 Å². The van der Waals surface area contributed by atoms with Crippen LogP contribution in [-0.2, 0) is 24.3 Å². The molecule has 1 saturated heterocycles. The van der Waals surface area contributed by atoms with Crippen molar-refractivity contribution in [2.24, 2.45) is 0 Å². The van der Waals surface area contributed by atoms with Crippen molar-refractivity contribution in [3.63, 3.8) is 0 Å². The number of carbonyl (C=O) groups excluding carboxylic acids is 1. The van der Waals surface area contributed by atoms with Crippen LogP contribution in [0, 0.1) is 5.82 Å². The van der Waals surface area contributed by atoms with Crippen LogP contribution >= 0.6 is 0 Å². The van der Waals surface area contributed by atoms with Crippen molar-refractivity contribution in [3.05, 3.63) is 47.3 Å². The molecule has 1 aromatic heterocycles. The first-order chi connectivity index (χ1) is 13.1. The van der Waals surface area contributed by atoms with E-state index in [-0.39, 0.29) is 17.6 Å². The largest absolute Gasteiger partial charge is 0.342 e. The molecule has 1 amide bonds. The fourth-order valence-corrected chi connectivity index (χ4v) is 4.22. The number of fused-ring (bicyclic) bond motifs is 1. The zero-order chi connectivity index (χ0) is 18.8. The van der Waals surface area contributed by atoms with Crippen LogP contribution in [0.25, 0.3) is 0 Å². The second-order valence-corrected chi connectivity index (χ2v) is 7.59. The average molecular weight is 371 g/mol. The van der Waals surface area contributed by atoms with E-state index in [1.807, 2.05) is 11.0 Å². The molecule has 3 heterocycles. The van der Waals surface area contributed by atoms with Crippen molar-refractivity contribution in [3.8, 4) is 0 Å². The Bertz CT molecular complexity index is 820. The van der Waals surface area contributed by atoms with Gasteiger partial charge in [-0.2, -0.15) is 0 Å². The van der Waals surface area contributed by atoms with E-state index in [9.17, 15) is 9.18 Å². The van der Waals surface area contributed by atoms with Gasteiger partial charge in [0.25, 0.3) is 0 Å². The first kappa shape index (κ1) is 18.1. The molecule has 2 aliphatic rings. The van der Waals surface area contributed by atoms with E-state index < -0.39 is 0 Å². The molecule has 0 N–H and O–H groups in total. The third kappa shape index (κ3) is 4.03. The highest BCUT2D eigenvalue weighted by Crippen LogP contribution is 2.27. The van der Waals surface area contributed by atoms with Crippen LogP contribution in [0.4, 0.5) is 4.39 Å². The molecule has 0 aliphatic carbocycles. The van der Waals surface area contributed by atoms with Crippen LogP contribution in [0.3, 0.4) is 0 Å². The topological polar surface area (TPSA) is 54.3 Å². The predicted octanol–water partition coefficient (Wildman–Crippen LogP) is 2.20. The smallest absolute Gasteiger partial charge is 0.219 e. The van der Waals surface area contributed by atoms with Crippen molar-refractivity contribution < 1.29 is 9.18 Å². The van der Waals surface area contributed by atoms with Crippen LogP contribution in [0.5, 0.6) is 0 Å². The fourth-order valence-electron chi connectivity index (χ4n) is 4.22. The summed E-state index contributed by atoms with van der Waals surface area (Å²) in [6.07, 6.45) is 2.90. The number of amides is 1. The Labute approximate surface area is 159 Å². The van der Waals surface area contributed by atoms with Crippen LogP contribution in [0.2, 0.25) is 0 Å². The highest BCUT2D eigenvalue weighted by molar-refractivity contribution is 5.73. The van der Waals surface area contributed by atoms with Gasteiger partial charge < -0.3 is 9.47 Å². The molecule has 6 nitrogen and oxygen atoms in total. The number of hydrogen-bond donors (Lipinski definition) is 0. The Morgan fingerprint density at radius 2 is 2.11 bits per heavy atom. The van der Waals surface area contributed by atoms with Crippen LogP contribution in [0.15, 0.2) is 24.3 Å². The van der Waals surface area contributed by atoms with Gasteiger partial charge in [0.15, 0.2) is 0 Å². The Morgan fingerprint density at radius 3 is 2.93 bits per heavy atom. The number of aromatic nitrogens is 3. The third-order valence-electron chi connectivity index (χ3n) is 5.67. The number of hydrogen-bond acceptors (Lipinski definition) is 4. The molecule has 0 radical (unpaired) electrons. The summed E-state index contributed by atoms with van der Waals surface area (Å²) in [5.74, 6) is 2.25. The zero-order valence-electron chi connectivity index (χ0n) is 15.8. The maximum Gasteiger partial charge on any atom is 0.219 e. The molecule has 2 aromatic rings. The molecule has 1 aromatic carbocycles. The predicted molar refractivity (Wildman–Crippen MR) is 99.6 cm³/mol. The molecule has 0 spiro atoms. The fraction of sp³-hybridized carbons (Fsp3) is 0.550.